The summed E-state index contributed by atoms with van der Waals surface area (Å²) in [5.41, 5.74) is 2.41. The molecule has 0 amide bonds. The molecule has 21 heavy (non-hydrogen) atoms. The minimum Gasteiger partial charge on any atom is -0.506 e. The lowest BCUT2D eigenvalue weighted by molar-refractivity contribution is 0.410. The quantitative estimate of drug-likeness (QED) is 0.688. The van der Waals surface area contributed by atoms with Crippen LogP contribution in [-0.2, 0) is 6.54 Å². The Kier molecular flexibility index (Phi) is 5.85. The molecule has 0 fully saturated rings. The van der Waals surface area contributed by atoms with Gasteiger partial charge in [-0.25, -0.2) is 0 Å². The molecule has 0 radical (unpaired) electrons. The summed E-state index contributed by atoms with van der Waals surface area (Å²) in [6.07, 6.45) is 0. The molecule has 0 aliphatic carbocycles. The highest BCUT2D eigenvalue weighted by Crippen LogP contribution is 2.33. The lowest BCUT2D eigenvalue weighted by Crippen LogP contribution is -2.25. The van der Waals surface area contributed by atoms with Crippen molar-refractivity contribution in [1.29, 1.82) is 0 Å². The Morgan fingerprint density at radius 3 is 2.14 bits per heavy atom. The molecule has 0 heterocycles. The van der Waals surface area contributed by atoms with E-state index in [0.29, 0.717) is 20.9 Å². The van der Waals surface area contributed by atoms with Gasteiger partial charge in [-0.1, -0.05) is 44.2 Å². The van der Waals surface area contributed by atoms with Gasteiger partial charge in [-0.2, -0.15) is 0 Å². The van der Waals surface area contributed by atoms with Crippen molar-refractivity contribution in [1.82, 2.24) is 5.32 Å². The summed E-state index contributed by atoms with van der Waals surface area (Å²) < 4.78 is 1.41. The molecule has 2 aromatic rings. The molecule has 2 rings (SSSR count). The Balaban J connectivity index is 2.13. The molecule has 1 atom stereocenters. The van der Waals surface area contributed by atoms with Crippen LogP contribution in [0, 0.1) is 5.92 Å². The van der Waals surface area contributed by atoms with Crippen molar-refractivity contribution < 1.29 is 5.11 Å². The summed E-state index contributed by atoms with van der Waals surface area (Å²) in [7, 11) is 0. The summed E-state index contributed by atoms with van der Waals surface area (Å²) in [5, 5.41) is 13.4. The van der Waals surface area contributed by atoms with Crippen molar-refractivity contribution in [3.63, 3.8) is 0 Å². The molecule has 2 aromatic carbocycles. The molecule has 4 heteroatoms. The number of hydrogen-bond donors (Lipinski definition) is 2. The summed E-state index contributed by atoms with van der Waals surface area (Å²) >= 11 is 6.74. The van der Waals surface area contributed by atoms with Crippen molar-refractivity contribution in [2.75, 3.05) is 0 Å². The third kappa shape index (κ3) is 4.31. The minimum absolute atomic E-state index is 0.238. The molecule has 0 saturated heterocycles. The van der Waals surface area contributed by atoms with E-state index in [9.17, 15) is 5.11 Å². The van der Waals surface area contributed by atoms with Crippen LogP contribution < -0.4 is 5.32 Å². The van der Waals surface area contributed by atoms with E-state index in [-0.39, 0.29) is 5.75 Å². The Morgan fingerprint density at radius 2 is 1.62 bits per heavy atom. The smallest absolute Gasteiger partial charge is 0.143 e. The van der Waals surface area contributed by atoms with Crippen LogP contribution in [0.1, 0.15) is 31.0 Å². The SMILES string of the molecule is CC(C)C(NCc1cc(Br)c(O)c(Br)c1)c1ccccc1. The molecule has 112 valence electrons. The fourth-order valence-corrected chi connectivity index (χ4v) is 3.63. The number of benzene rings is 2. The highest BCUT2D eigenvalue weighted by molar-refractivity contribution is 9.11. The Labute approximate surface area is 142 Å². The second kappa shape index (κ2) is 7.43. The van der Waals surface area contributed by atoms with Gasteiger partial charge in [0.15, 0.2) is 0 Å². The van der Waals surface area contributed by atoms with Crippen molar-refractivity contribution in [2.24, 2.45) is 5.92 Å². The zero-order valence-electron chi connectivity index (χ0n) is 12.1. The van der Waals surface area contributed by atoms with Gasteiger partial charge in [0.1, 0.15) is 5.75 Å². The molecule has 0 aromatic heterocycles. The second-order valence-electron chi connectivity index (χ2n) is 5.42. The van der Waals surface area contributed by atoms with Gasteiger partial charge in [0, 0.05) is 12.6 Å². The van der Waals surface area contributed by atoms with Crippen molar-refractivity contribution in [3.8, 4) is 5.75 Å². The first-order chi connectivity index (χ1) is 9.99. The molecule has 0 spiro atoms. The van der Waals surface area contributed by atoms with Gasteiger partial charge in [0.2, 0.25) is 0 Å². The first kappa shape index (κ1) is 16.5. The van der Waals surface area contributed by atoms with Gasteiger partial charge in [-0.15, -0.1) is 0 Å². The van der Waals surface area contributed by atoms with E-state index < -0.39 is 0 Å². The van der Waals surface area contributed by atoms with E-state index in [0.717, 1.165) is 12.1 Å². The highest BCUT2D eigenvalue weighted by atomic mass is 79.9. The Hall–Kier alpha value is -0.840. The molecule has 0 aliphatic heterocycles. The third-order valence-corrected chi connectivity index (χ3v) is 4.64. The standard InChI is InChI=1S/C17H19Br2NO/c1-11(2)16(13-6-4-3-5-7-13)20-10-12-8-14(18)17(21)15(19)9-12/h3-9,11,16,20-21H,10H2,1-2H3. The van der Waals surface area contributed by atoms with E-state index >= 15 is 0 Å². The maximum Gasteiger partial charge on any atom is 0.143 e. The van der Waals surface area contributed by atoms with Gasteiger partial charge >= 0.3 is 0 Å². The average Bonchev–Trinajstić information content (AvgIpc) is 2.45. The van der Waals surface area contributed by atoms with Gasteiger partial charge in [-0.05, 0) is 61.0 Å². The molecule has 0 aliphatic rings. The first-order valence-electron chi connectivity index (χ1n) is 6.94. The summed E-state index contributed by atoms with van der Waals surface area (Å²) in [6, 6.07) is 14.7. The number of halogens is 2. The van der Waals surface area contributed by atoms with Crippen LogP contribution in [0.25, 0.3) is 0 Å². The van der Waals surface area contributed by atoms with Crippen molar-refractivity contribution >= 4 is 31.9 Å². The maximum absolute atomic E-state index is 9.76. The number of phenolic OH excluding ortho intramolecular Hbond substituents is 1. The van der Waals surface area contributed by atoms with Crippen molar-refractivity contribution in [2.45, 2.75) is 26.4 Å². The van der Waals surface area contributed by atoms with Crippen LogP contribution >= 0.6 is 31.9 Å². The minimum atomic E-state index is 0.238. The van der Waals surface area contributed by atoms with Gasteiger partial charge < -0.3 is 10.4 Å². The van der Waals surface area contributed by atoms with Crippen LogP contribution in [0.5, 0.6) is 5.75 Å². The fraction of sp³-hybridized carbons (Fsp3) is 0.294. The van der Waals surface area contributed by atoms with E-state index in [1.165, 1.54) is 5.56 Å². The van der Waals surface area contributed by atoms with Gasteiger partial charge in [0.25, 0.3) is 0 Å². The predicted molar refractivity (Wildman–Crippen MR) is 94.4 cm³/mol. The largest absolute Gasteiger partial charge is 0.506 e. The average molecular weight is 413 g/mol. The lowest BCUT2D eigenvalue weighted by Gasteiger charge is -2.23. The number of rotatable bonds is 5. The van der Waals surface area contributed by atoms with Gasteiger partial charge in [-0.3, -0.25) is 0 Å². The molecule has 1 unspecified atom stereocenters. The van der Waals surface area contributed by atoms with E-state index in [1.807, 2.05) is 18.2 Å². The third-order valence-electron chi connectivity index (χ3n) is 3.43. The maximum atomic E-state index is 9.76. The van der Waals surface area contributed by atoms with Crippen LogP contribution in [-0.4, -0.2) is 5.11 Å². The summed E-state index contributed by atoms with van der Waals surface area (Å²) in [5.74, 6) is 0.735. The van der Waals surface area contributed by atoms with Crippen LogP contribution in [0.2, 0.25) is 0 Å². The normalized spacial score (nSPS) is 12.6. The lowest BCUT2D eigenvalue weighted by atomic mass is 9.96. The first-order valence-corrected chi connectivity index (χ1v) is 8.53. The van der Waals surface area contributed by atoms with E-state index in [1.54, 1.807) is 0 Å². The van der Waals surface area contributed by atoms with E-state index in [4.69, 9.17) is 0 Å². The predicted octanol–water partition coefficient (Wildman–Crippen LogP) is 5.40. The molecule has 0 saturated carbocycles. The monoisotopic (exact) mass is 411 g/mol. The Bertz CT molecular complexity index is 576. The molecule has 2 N–H and O–H groups in total. The number of nitrogens with one attached hydrogen (secondary N) is 1. The molecular formula is C17H19Br2NO. The van der Waals surface area contributed by atoms with Crippen LogP contribution in [0.4, 0.5) is 0 Å². The zero-order chi connectivity index (χ0) is 15.4. The molecular weight excluding hydrogens is 394 g/mol. The Morgan fingerprint density at radius 1 is 1.05 bits per heavy atom. The zero-order valence-corrected chi connectivity index (χ0v) is 15.3. The van der Waals surface area contributed by atoms with Crippen LogP contribution in [0.3, 0.4) is 0 Å². The van der Waals surface area contributed by atoms with Crippen LogP contribution in [0.15, 0.2) is 51.4 Å². The molecule has 2 nitrogen and oxygen atoms in total. The number of phenols is 1. The number of aromatic hydroxyl groups is 1. The number of hydrogen-bond acceptors (Lipinski definition) is 2. The second-order valence-corrected chi connectivity index (χ2v) is 7.13. The highest BCUT2D eigenvalue weighted by Gasteiger charge is 2.15. The topological polar surface area (TPSA) is 32.3 Å². The molecule has 0 bridgehead atoms. The van der Waals surface area contributed by atoms with E-state index in [2.05, 4.69) is 75.3 Å². The summed E-state index contributed by atoms with van der Waals surface area (Å²) in [4.78, 5) is 0. The van der Waals surface area contributed by atoms with Crippen molar-refractivity contribution in [3.05, 3.63) is 62.5 Å². The summed E-state index contributed by atoms with van der Waals surface area (Å²) in [6.45, 7) is 5.18. The fourth-order valence-electron chi connectivity index (χ4n) is 2.35. The van der Waals surface area contributed by atoms with Gasteiger partial charge in [0.05, 0.1) is 8.95 Å².